The molecule has 0 unspecified atom stereocenters. The third-order valence-electron chi connectivity index (χ3n) is 2.58. The predicted octanol–water partition coefficient (Wildman–Crippen LogP) is 3.46. The lowest BCUT2D eigenvalue weighted by molar-refractivity contribution is 0.282. The summed E-state index contributed by atoms with van der Waals surface area (Å²) in [5.41, 5.74) is 1.91. The zero-order chi connectivity index (χ0) is 12.0. The van der Waals surface area contributed by atoms with Gasteiger partial charge in [0, 0.05) is 29.4 Å². The van der Waals surface area contributed by atoms with Gasteiger partial charge in [-0.2, -0.15) is 0 Å². The van der Waals surface area contributed by atoms with Crippen molar-refractivity contribution in [3.05, 3.63) is 28.8 Å². The number of hydrogen-bond donors (Lipinski definition) is 1. The maximum atomic E-state index is 9.37. The normalized spacial score (nSPS) is 10.5. The van der Waals surface area contributed by atoms with Gasteiger partial charge in [0.05, 0.1) is 6.61 Å². The summed E-state index contributed by atoms with van der Waals surface area (Å²) in [5.74, 6) is 0. The molecule has 1 N–H and O–H groups in total. The summed E-state index contributed by atoms with van der Waals surface area (Å²) in [6.07, 6.45) is 2.19. The molecule has 0 heterocycles. The van der Waals surface area contributed by atoms with Crippen LogP contribution in [0.1, 0.15) is 32.3 Å². The van der Waals surface area contributed by atoms with Crippen LogP contribution in [0.3, 0.4) is 0 Å². The molecule has 0 radical (unpaired) electrons. The van der Waals surface area contributed by atoms with Crippen LogP contribution in [-0.2, 0) is 6.61 Å². The van der Waals surface area contributed by atoms with Crippen molar-refractivity contribution in [3.8, 4) is 0 Å². The maximum absolute atomic E-state index is 9.37. The lowest BCUT2D eigenvalue weighted by Gasteiger charge is -2.26. The lowest BCUT2D eigenvalue weighted by Crippen LogP contribution is -2.26. The Morgan fingerprint density at radius 1 is 1.19 bits per heavy atom. The van der Waals surface area contributed by atoms with Crippen molar-refractivity contribution in [1.29, 1.82) is 0 Å². The largest absolute Gasteiger partial charge is 0.392 e. The van der Waals surface area contributed by atoms with Crippen LogP contribution in [0.25, 0.3) is 0 Å². The van der Waals surface area contributed by atoms with Crippen LogP contribution in [0.2, 0.25) is 5.02 Å². The lowest BCUT2D eigenvalue weighted by atomic mass is 10.1. The average molecular weight is 242 g/mol. The standard InChI is InChI=1S/C13H20ClNO/c1-3-8-15(9-4-2)13-7-5-6-12(14)11(13)10-16/h5-7,16H,3-4,8-10H2,1-2H3. The fourth-order valence-corrected chi connectivity index (χ4v) is 2.12. The minimum atomic E-state index is -0.00106. The quantitative estimate of drug-likeness (QED) is 0.825. The summed E-state index contributed by atoms with van der Waals surface area (Å²) in [6, 6.07) is 5.80. The van der Waals surface area contributed by atoms with E-state index in [9.17, 15) is 5.11 Å². The van der Waals surface area contributed by atoms with Crippen molar-refractivity contribution in [2.24, 2.45) is 0 Å². The van der Waals surface area contributed by atoms with Gasteiger partial charge in [-0.25, -0.2) is 0 Å². The molecule has 1 rings (SSSR count). The Hall–Kier alpha value is -0.730. The summed E-state index contributed by atoms with van der Waals surface area (Å²) in [6.45, 7) is 6.32. The van der Waals surface area contributed by atoms with E-state index in [0.29, 0.717) is 5.02 Å². The third-order valence-corrected chi connectivity index (χ3v) is 2.93. The Kier molecular flexibility index (Phi) is 5.64. The molecular formula is C13H20ClNO. The Morgan fingerprint density at radius 3 is 2.31 bits per heavy atom. The molecule has 0 spiro atoms. The molecule has 1 aromatic carbocycles. The van der Waals surface area contributed by atoms with Gasteiger partial charge >= 0.3 is 0 Å². The molecule has 0 saturated carbocycles. The molecule has 1 aromatic rings. The number of anilines is 1. The highest BCUT2D eigenvalue weighted by Gasteiger charge is 2.11. The van der Waals surface area contributed by atoms with Crippen LogP contribution in [0.5, 0.6) is 0 Å². The van der Waals surface area contributed by atoms with Crippen LogP contribution in [0, 0.1) is 0 Å². The SMILES string of the molecule is CCCN(CCC)c1cccc(Cl)c1CO. The molecule has 3 heteroatoms. The predicted molar refractivity (Wildman–Crippen MR) is 70.2 cm³/mol. The first kappa shape index (κ1) is 13.3. The van der Waals surface area contributed by atoms with Crippen LogP contribution in [-0.4, -0.2) is 18.2 Å². The average Bonchev–Trinajstić information content (AvgIpc) is 2.28. The number of nitrogens with zero attached hydrogens (tertiary/aromatic N) is 1. The number of aliphatic hydroxyl groups excluding tert-OH is 1. The summed E-state index contributed by atoms with van der Waals surface area (Å²) in [5, 5.41) is 10.0. The van der Waals surface area contributed by atoms with E-state index < -0.39 is 0 Å². The van der Waals surface area contributed by atoms with Crippen LogP contribution in [0.4, 0.5) is 5.69 Å². The summed E-state index contributed by atoms with van der Waals surface area (Å²) in [4.78, 5) is 2.29. The summed E-state index contributed by atoms with van der Waals surface area (Å²) in [7, 11) is 0. The molecule has 90 valence electrons. The Bertz CT molecular complexity index is 322. The first-order chi connectivity index (χ1) is 7.74. The van der Waals surface area contributed by atoms with E-state index in [2.05, 4.69) is 18.7 Å². The molecule has 0 bridgehead atoms. The molecule has 0 aliphatic heterocycles. The van der Waals surface area contributed by atoms with Gasteiger partial charge in [-0.1, -0.05) is 31.5 Å². The number of hydrogen-bond acceptors (Lipinski definition) is 2. The number of rotatable bonds is 6. The van der Waals surface area contributed by atoms with E-state index >= 15 is 0 Å². The minimum absolute atomic E-state index is 0.00106. The van der Waals surface area contributed by atoms with Crippen LogP contribution < -0.4 is 4.90 Å². The van der Waals surface area contributed by atoms with Crippen LogP contribution in [0.15, 0.2) is 18.2 Å². The van der Waals surface area contributed by atoms with Crippen molar-refractivity contribution in [3.63, 3.8) is 0 Å². The van der Waals surface area contributed by atoms with Gasteiger partial charge in [0.15, 0.2) is 0 Å². The maximum Gasteiger partial charge on any atom is 0.0716 e. The highest BCUT2D eigenvalue weighted by molar-refractivity contribution is 6.31. The van der Waals surface area contributed by atoms with Gasteiger partial charge in [-0.15, -0.1) is 0 Å². The van der Waals surface area contributed by atoms with Gasteiger partial charge in [-0.3, -0.25) is 0 Å². The second-order valence-corrected chi connectivity index (χ2v) is 4.29. The smallest absolute Gasteiger partial charge is 0.0716 e. The molecule has 0 fully saturated rings. The molecule has 0 atom stereocenters. The highest BCUT2D eigenvalue weighted by atomic mass is 35.5. The van der Waals surface area contributed by atoms with E-state index in [-0.39, 0.29) is 6.61 Å². The number of halogens is 1. The first-order valence-electron chi connectivity index (χ1n) is 5.87. The zero-order valence-corrected chi connectivity index (χ0v) is 10.8. The number of benzene rings is 1. The Morgan fingerprint density at radius 2 is 1.81 bits per heavy atom. The van der Waals surface area contributed by atoms with Gasteiger partial charge in [0.25, 0.3) is 0 Å². The Balaban J connectivity index is 3.02. The zero-order valence-electron chi connectivity index (χ0n) is 10.0. The molecule has 16 heavy (non-hydrogen) atoms. The van der Waals surface area contributed by atoms with E-state index in [0.717, 1.165) is 37.2 Å². The molecule has 0 aliphatic rings. The third kappa shape index (κ3) is 3.13. The van der Waals surface area contributed by atoms with E-state index in [4.69, 9.17) is 11.6 Å². The fourth-order valence-electron chi connectivity index (χ4n) is 1.89. The van der Waals surface area contributed by atoms with E-state index in [1.807, 2.05) is 18.2 Å². The fraction of sp³-hybridized carbons (Fsp3) is 0.538. The van der Waals surface area contributed by atoms with Crippen molar-refractivity contribution in [2.75, 3.05) is 18.0 Å². The van der Waals surface area contributed by atoms with Gasteiger partial charge in [0.2, 0.25) is 0 Å². The Labute approximate surface area is 103 Å². The van der Waals surface area contributed by atoms with E-state index in [1.54, 1.807) is 0 Å². The second kappa shape index (κ2) is 6.77. The molecular weight excluding hydrogens is 222 g/mol. The highest BCUT2D eigenvalue weighted by Crippen LogP contribution is 2.27. The van der Waals surface area contributed by atoms with E-state index in [1.165, 1.54) is 0 Å². The monoisotopic (exact) mass is 241 g/mol. The van der Waals surface area contributed by atoms with Crippen molar-refractivity contribution >= 4 is 17.3 Å². The summed E-state index contributed by atoms with van der Waals surface area (Å²) >= 11 is 6.09. The van der Waals surface area contributed by atoms with Gasteiger partial charge in [0.1, 0.15) is 0 Å². The molecule has 0 amide bonds. The first-order valence-corrected chi connectivity index (χ1v) is 6.25. The topological polar surface area (TPSA) is 23.5 Å². The molecule has 0 saturated heterocycles. The molecule has 0 aromatic heterocycles. The van der Waals surface area contributed by atoms with Crippen molar-refractivity contribution < 1.29 is 5.11 Å². The molecule has 2 nitrogen and oxygen atoms in total. The molecule has 0 aliphatic carbocycles. The van der Waals surface area contributed by atoms with Crippen molar-refractivity contribution in [2.45, 2.75) is 33.3 Å². The summed E-state index contributed by atoms with van der Waals surface area (Å²) < 4.78 is 0. The number of aliphatic hydroxyl groups is 1. The van der Waals surface area contributed by atoms with Crippen molar-refractivity contribution in [1.82, 2.24) is 0 Å². The van der Waals surface area contributed by atoms with Gasteiger partial charge in [-0.05, 0) is 25.0 Å². The van der Waals surface area contributed by atoms with Crippen LogP contribution >= 0.6 is 11.6 Å². The van der Waals surface area contributed by atoms with Gasteiger partial charge < -0.3 is 10.0 Å². The minimum Gasteiger partial charge on any atom is -0.392 e. The second-order valence-electron chi connectivity index (χ2n) is 3.88.